The lowest BCUT2D eigenvalue weighted by Crippen LogP contribution is -2.56. The Morgan fingerprint density at radius 1 is 1.37 bits per heavy atom. The van der Waals surface area contributed by atoms with Crippen LogP contribution in [0.1, 0.15) is 12.0 Å². The first-order chi connectivity index (χ1) is 9.14. The summed E-state index contributed by atoms with van der Waals surface area (Å²) in [6.07, 6.45) is -0.650. The Bertz CT molecular complexity index is 436. The van der Waals surface area contributed by atoms with E-state index in [0.717, 1.165) is 5.56 Å². The van der Waals surface area contributed by atoms with Crippen LogP contribution in [-0.4, -0.2) is 49.5 Å². The van der Waals surface area contributed by atoms with Gasteiger partial charge < -0.3 is 19.5 Å². The number of hydrogen-bond acceptors (Lipinski definition) is 3. The molecular formula is C14H19NO4. The van der Waals surface area contributed by atoms with Gasteiger partial charge in [0.05, 0.1) is 6.54 Å². The zero-order valence-corrected chi connectivity index (χ0v) is 11.2. The Balaban J connectivity index is 2.32. The maximum Gasteiger partial charge on any atom is 0.407 e. The van der Waals surface area contributed by atoms with Crippen molar-refractivity contribution >= 4 is 6.09 Å². The van der Waals surface area contributed by atoms with Crippen molar-refractivity contribution in [2.75, 3.05) is 27.3 Å². The first-order valence-electron chi connectivity index (χ1n) is 6.25. The van der Waals surface area contributed by atoms with E-state index < -0.39 is 11.7 Å². The third kappa shape index (κ3) is 2.43. The molecule has 0 unspecified atom stereocenters. The number of hydrogen-bond donors (Lipinski definition) is 1. The molecule has 5 heteroatoms. The Morgan fingerprint density at radius 2 is 2.05 bits per heavy atom. The van der Waals surface area contributed by atoms with Crippen molar-refractivity contribution in [2.24, 2.45) is 0 Å². The minimum atomic E-state index is -0.917. The second kappa shape index (κ2) is 5.59. The van der Waals surface area contributed by atoms with Gasteiger partial charge in [0.25, 0.3) is 0 Å². The van der Waals surface area contributed by atoms with Gasteiger partial charge in [-0.05, 0) is 5.56 Å². The molecule has 0 bridgehead atoms. The number of piperidine rings is 1. The number of carboxylic acid groups (broad SMARTS) is 1. The molecular weight excluding hydrogens is 246 g/mol. The third-order valence-corrected chi connectivity index (χ3v) is 3.84. The van der Waals surface area contributed by atoms with Crippen LogP contribution in [0.15, 0.2) is 30.3 Å². The summed E-state index contributed by atoms with van der Waals surface area (Å²) >= 11 is 0. The average Bonchev–Trinajstić information content (AvgIpc) is 2.47. The molecule has 1 saturated heterocycles. The van der Waals surface area contributed by atoms with Crippen molar-refractivity contribution < 1.29 is 19.4 Å². The first-order valence-corrected chi connectivity index (χ1v) is 6.25. The van der Waals surface area contributed by atoms with Crippen molar-refractivity contribution in [1.82, 2.24) is 4.90 Å². The van der Waals surface area contributed by atoms with Gasteiger partial charge in [0, 0.05) is 27.2 Å². The van der Waals surface area contributed by atoms with Crippen LogP contribution in [0, 0.1) is 0 Å². The molecule has 104 valence electrons. The molecule has 19 heavy (non-hydrogen) atoms. The number of amides is 1. The highest BCUT2D eigenvalue weighted by atomic mass is 16.5. The quantitative estimate of drug-likeness (QED) is 0.907. The SMILES string of the molecule is CO[C@H]1CN(C(=O)O)CC[C@]1(OC)c1ccccc1. The lowest BCUT2D eigenvalue weighted by Gasteiger charge is -2.45. The maximum atomic E-state index is 11.1. The smallest absolute Gasteiger partial charge is 0.407 e. The maximum absolute atomic E-state index is 11.1. The number of ether oxygens (including phenoxy) is 2. The zero-order chi connectivity index (χ0) is 13.9. The molecule has 1 fully saturated rings. The lowest BCUT2D eigenvalue weighted by atomic mass is 9.81. The number of nitrogens with zero attached hydrogens (tertiary/aromatic N) is 1. The van der Waals surface area contributed by atoms with E-state index in [2.05, 4.69) is 0 Å². The van der Waals surface area contributed by atoms with Crippen molar-refractivity contribution in [1.29, 1.82) is 0 Å². The summed E-state index contributed by atoms with van der Waals surface area (Å²) < 4.78 is 11.3. The van der Waals surface area contributed by atoms with E-state index in [4.69, 9.17) is 14.6 Å². The Kier molecular flexibility index (Phi) is 4.07. The highest BCUT2D eigenvalue weighted by Crippen LogP contribution is 2.37. The molecule has 0 aromatic heterocycles. The summed E-state index contributed by atoms with van der Waals surface area (Å²) in [7, 11) is 3.24. The van der Waals surface area contributed by atoms with Gasteiger partial charge in [-0.1, -0.05) is 30.3 Å². The summed E-state index contributed by atoms with van der Waals surface area (Å²) in [5.41, 5.74) is 0.441. The normalized spacial score (nSPS) is 27.3. The molecule has 5 nitrogen and oxygen atoms in total. The molecule has 0 aliphatic carbocycles. The minimum absolute atomic E-state index is 0.314. The largest absolute Gasteiger partial charge is 0.465 e. The van der Waals surface area contributed by atoms with Crippen molar-refractivity contribution in [3.05, 3.63) is 35.9 Å². The number of rotatable bonds is 3. The summed E-state index contributed by atoms with van der Waals surface area (Å²) in [5, 5.41) is 9.09. The van der Waals surface area contributed by atoms with Gasteiger partial charge in [-0.25, -0.2) is 4.79 Å². The van der Waals surface area contributed by atoms with E-state index in [-0.39, 0.29) is 6.10 Å². The van der Waals surface area contributed by atoms with Crippen LogP contribution in [0.4, 0.5) is 4.79 Å². The molecule has 1 heterocycles. The van der Waals surface area contributed by atoms with Gasteiger partial charge in [0.1, 0.15) is 11.7 Å². The van der Waals surface area contributed by atoms with Crippen LogP contribution >= 0.6 is 0 Å². The zero-order valence-electron chi connectivity index (χ0n) is 11.2. The van der Waals surface area contributed by atoms with Crippen LogP contribution in [0.5, 0.6) is 0 Å². The molecule has 1 aromatic rings. The predicted molar refractivity (Wildman–Crippen MR) is 70.1 cm³/mol. The fraction of sp³-hybridized carbons (Fsp3) is 0.500. The molecule has 0 spiro atoms. The van der Waals surface area contributed by atoms with Crippen molar-refractivity contribution in [3.8, 4) is 0 Å². The number of methoxy groups -OCH3 is 2. The number of carbonyl (C=O) groups is 1. The van der Waals surface area contributed by atoms with Crippen LogP contribution in [0.3, 0.4) is 0 Å². The fourth-order valence-corrected chi connectivity index (χ4v) is 2.74. The summed E-state index contributed by atoms with van der Waals surface area (Å²) in [5.74, 6) is 0. The molecule has 0 saturated carbocycles. The Morgan fingerprint density at radius 3 is 2.58 bits per heavy atom. The van der Waals surface area contributed by atoms with Gasteiger partial charge in [0.2, 0.25) is 0 Å². The topological polar surface area (TPSA) is 59.0 Å². The molecule has 2 rings (SSSR count). The Hall–Kier alpha value is -1.59. The summed E-state index contributed by atoms with van der Waals surface area (Å²) in [6.45, 7) is 0.756. The van der Waals surface area contributed by atoms with E-state index >= 15 is 0 Å². The van der Waals surface area contributed by atoms with Crippen LogP contribution in [0.25, 0.3) is 0 Å². The van der Waals surface area contributed by atoms with Gasteiger partial charge >= 0.3 is 6.09 Å². The molecule has 1 aliphatic rings. The molecule has 1 amide bonds. The van der Waals surface area contributed by atoms with Gasteiger partial charge in [-0.15, -0.1) is 0 Å². The third-order valence-electron chi connectivity index (χ3n) is 3.84. The average molecular weight is 265 g/mol. The van der Waals surface area contributed by atoms with Crippen LogP contribution < -0.4 is 0 Å². The van der Waals surface area contributed by atoms with E-state index in [1.54, 1.807) is 14.2 Å². The van der Waals surface area contributed by atoms with Gasteiger partial charge in [0.15, 0.2) is 0 Å². The van der Waals surface area contributed by atoms with Gasteiger partial charge in [-0.2, -0.15) is 0 Å². The van der Waals surface area contributed by atoms with E-state index in [1.165, 1.54) is 4.90 Å². The van der Waals surface area contributed by atoms with E-state index in [1.807, 2.05) is 30.3 Å². The molecule has 1 aliphatic heterocycles. The van der Waals surface area contributed by atoms with E-state index in [0.29, 0.717) is 19.5 Å². The summed E-state index contributed by atoms with van der Waals surface area (Å²) in [6, 6.07) is 9.83. The second-order valence-electron chi connectivity index (χ2n) is 4.66. The second-order valence-corrected chi connectivity index (χ2v) is 4.66. The van der Waals surface area contributed by atoms with Gasteiger partial charge in [-0.3, -0.25) is 0 Å². The van der Waals surface area contributed by atoms with Crippen LogP contribution in [-0.2, 0) is 15.1 Å². The molecule has 2 atom stereocenters. The molecule has 0 radical (unpaired) electrons. The van der Waals surface area contributed by atoms with Crippen LogP contribution in [0.2, 0.25) is 0 Å². The van der Waals surface area contributed by atoms with Crippen molar-refractivity contribution in [2.45, 2.75) is 18.1 Å². The molecule has 1 N–H and O–H groups in total. The van der Waals surface area contributed by atoms with E-state index in [9.17, 15) is 4.79 Å². The first kappa shape index (κ1) is 13.8. The highest BCUT2D eigenvalue weighted by Gasteiger charge is 2.46. The van der Waals surface area contributed by atoms with Crippen molar-refractivity contribution in [3.63, 3.8) is 0 Å². The number of likely N-dealkylation sites (tertiary alicyclic amines) is 1. The monoisotopic (exact) mass is 265 g/mol. The summed E-state index contributed by atoms with van der Waals surface area (Å²) in [4.78, 5) is 12.5. The minimum Gasteiger partial charge on any atom is -0.465 e. The number of benzene rings is 1. The molecule has 1 aromatic carbocycles. The fourth-order valence-electron chi connectivity index (χ4n) is 2.74. The highest BCUT2D eigenvalue weighted by molar-refractivity contribution is 5.65. The standard InChI is InChI=1S/C14H19NO4/c1-18-12-10-15(13(16)17)9-8-14(12,19-2)11-6-4-3-5-7-11/h3-7,12H,8-10H2,1-2H3,(H,16,17)/t12-,14-/m0/s1. The predicted octanol–water partition coefficient (Wildman–Crippen LogP) is 1.93. The lowest BCUT2D eigenvalue weighted by molar-refractivity contribution is -0.154. The Labute approximate surface area is 112 Å².